The molecule has 19 heavy (non-hydrogen) atoms. The van der Waals surface area contributed by atoms with Crippen LogP contribution in [0.2, 0.25) is 0 Å². The van der Waals surface area contributed by atoms with Crippen molar-refractivity contribution in [1.82, 2.24) is 9.78 Å². The van der Waals surface area contributed by atoms with E-state index in [1.54, 1.807) is 6.20 Å². The SMILES string of the molecule is CC(C)Cn1ncc(NC(C)C(C)(C)C)c(Br)c1=O. The Kier molecular flexibility index (Phi) is 5.18. The third-order valence-corrected chi connectivity index (χ3v) is 3.96. The highest BCUT2D eigenvalue weighted by Crippen LogP contribution is 2.25. The molecule has 1 aromatic rings. The number of hydrogen-bond donors (Lipinski definition) is 1. The Balaban J connectivity index is 3.00. The molecule has 1 heterocycles. The van der Waals surface area contributed by atoms with Crippen LogP contribution in [0.4, 0.5) is 5.69 Å². The number of nitrogens with zero attached hydrogens (tertiary/aromatic N) is 2. The highest BCUT2D eigenvalue weighted by Gasteiger charge is 2.21. The van der Waals surface area contributed by atoms with Gasteiger partial charge in [0.25, 0.3) is 5.56 Å². The van der Waals surface area contributed by atoms with E-state index in [0.29, 0.717) is 16.9 Å². The molecule has 0 aliphatic rings. The zero-order valence-electron chi connectivity index (χ0n) is 12.6. The summed E-state index contributed by atoms with van der Waals surface area (Å²) in [5.41, 5.74) is 0.791. The minimum absolute atomic E-state index is 0.0835. The zero-order valence-corrected chi connectivity index (χ0v) is 14.2. The zero-order chi connectivity index (χ0) is 14.8. The highest BCUT2D eigenvalue weighted by molar-refractivity contribution is 9.10. The van der Waals surface area contributed by atoms with E-state index in [1.165, 1.54) is 4.68 Å². The van der Waals surface area contributed by atoms with Gasteiger partial charge >= 0.3 is 0 Å². The molecule has 1 aromatic heterocycles. The van der Waals surface area contributed by atoms with Crippen molar-refractivity contribution in [2.75, 3.05) is 5.32 Å². The van der Waals surface area contributed by atoms with Gasteiger partial charge in [0.2, 0.25) is 0 Å². The molecule has 4 nitrogen and oxygen atoms in total. The number of hydrogen-bond acceptors (Lipinski definition) is 3. The van der Waals surface area contributed by atoms with Gasteiger partial charge in [-0.05, 0) is 34.2 Å². The highest BCUT2D eigenvalue weighted by atomic mass is 79.9. The van der Waals surface area contributed by atoms with Gasteiger partial charge in [0.1, 0.15) is 4.47 Å². The van der Waals surface area contributed by atoms with Gasteiger partial charge in [-0.1, -0.05) is 34.6 Å². The van der Waals surface area contributed by atoms with Gasteiger partial charge in [0.05, 0.1) is 11.9 Å². The van der Waals surface area contributed by atoms with Gasteiger partial charge in [-0.3, -0.25) is 4.79 Å². The summed E-state index contributed by atoms with van der Waals surface area (Å²) in [7, 11) is 0. The van der Waals surface area contributed by atoms with Crippen LogP contribution in [0.3, 0.4) is 0 Å². The monoisotopic (exact) mass is 329 g/mol. The van der Waals surface area contributed by atoms with Crippen LogP contribution in [0, 0.1) is 11.3 Å². The molecule has 0 spiro atoms. The number of aromatic nitrogens is 2. The van der Waals surface area contributed by atoms with Crippen LogP contribution in [0.25, 0.3) is 0 Å². The molecule has 0 saturated heterocycles. The predicted molar refractivity (Wildman–Crippen MR) is 83.6 cm³/mol. The Morgan fingerprint density at radius 2 is 1.95 bits per heavy atom. The first-order chi connectivity index (χ1) is 8.62. The van der Waals surface area contributed by atoms with Crippen molar-refractivity contribution in [3.63, 3.8) is 0 Å². The molecule has 1 rings (SSSR count). The second-order valence-electron chi connectivity index (χ2n) is 6.49. The van der Waals surface area contributed by atoms with E-state index in [1.807, 2.05) is 0 Å². The second-order valence-corrected chi connectivity index (χ2v) is 7.28. The van der Waals surface area contributed by atoms with Gasteiger partial charge in [-0.2, -0.15) is 5.10 Å². The van der Waals surface area contributed by atoms with E-state index in [9.17, 15) is 4.79 Å². The maximum absolute atomic E-state index is 12.2. The Morgan fingerprint density at radius 1 is 1.37 bits per heavy atom. The van der Waals surface area contributed by atoms with Gasteiger partial charge in [0, 0.05) is 12.6 Å². The van der Waals surface area contributed by atoms with E-state index in [2.05, 4.69) is 67.9 Å². The summed E-state index contributed by atoms with van der Waals surface area (Å²) in [4.78, 5) is 12.2. The summed E-state index contributed by atoms with van der Waals surface area (Å²) in [6.07, 6.45) is 1.72. The van der Waals surface area contributed by atoms with Crippen LogP contribution in [0.15, 0.2) is 15.5 Å². The minimum atomic E-state index is -0.0835. The topological polar surface area (TPSA) is 46.9 Å². The van der Waals surface area contributed by atoms with Crippen molar-refractivity contribution in [2.24, 2.45) is 11.3 Å². The minimum Gasteiger partial charge on any atom is -0.380 e. The molecule has 1 unspecified atom stereocenters. The molecule has 1 atom stereocenters. The molecule has 0 saturated carbocycles. The summed E-state index contributed by atoms with van der Waals surface area (Å²) >= 11 is 3.38. The van der Waals surface area contributed by atoms with Crippen LogP contribution < -0.4 is 10.9 Å². The third-order valence-electron chi connectivity index (χ3n) is 3.19. The lowest BCUT2D eigenvalue weighted by atomic mass is 9.88. The summed E-state index contributed by atoms with van der Waals surface area (Å²) in [6.45, 7) is 13.3. The van der Waals surface area contributed by atoms with Gasteiger partial charge in [0.15, 0.2) is 0 Å². The molecule has 0 aliphatic carbocycles. The third kappa shape index (κ3) is 4.34. The number of halogens is 1. The number of anilines is 1. The smallest absolute Gasteiger partial charge is 0.283 e. The second kappa shape index (κ2) is 6.07. The molecular formula is C14H24BrN3O. The number of nitrogens with one attached hydrogen (secondary N) is 1. The number of rotatable bonds is 4. The first-order valence-electron chi connectivity index (χ1n) is 6.65. The lowest BCUT2D eigenvalue weighted by Gasteiger charge is -2.29. The standard InChI is InChI=1S/C14H24BrN3O/c1-9(2)8-18-13(19)12(15)11(7-16-18)17-10(3)14(4,5)6/h7,9-10,17H,8H2,1-6H3. The van der Waals surface area contributed by atoms with Gasteiger partial charge in [-0.25, -0.2) is 4.68 Å². The average molecular weight is 330 g/mol. The molecule has 1 N–H and O–H groups in total. The van der Waals surface area contributed by atoms with Gasteiger partial charge < -0.3 is 5.32 Å². The molecule has 0 radical (unpaired) electrons. The van der Waals surface area contributed by atoms with E-state index in [0.717, 1.165) is 5.69 Å². The lowest BCUT2D eigenvalue weighted by molar-refractivity contribution is 0.359. The predicted octanol–water partition coefficient (Wildman–Crippen LogP) is 3.51. The Morgan fingerprint density at radius 3 is 2.42 bits per heavy atom. The van der Waals surface area contributed by atoms with Crippen LogP contribution in [0.1, 0.15) is 41.5 Å². The van der Waals surface area contributed by atoms with Crippen molar-refractivity contribution in [3.05, 3.63) is 21.0 Å². The maximum atomic E-state index is 12.2. The molecule has 0 aliphatic heterocycles. The van der Waals surface area contributed by atoms with Crippen LogP contribution >= 0.6 is 15.9 Å². The molecule has 0 aromatic carbocycles. The average Bonchev–Trinajstić information content (AvgIpc) is 2.26. The van der Waals surface area contributed by atoms with E-state index >= 15 is 0 Å². The first-order valence-corrected chi connectivity index (χ1v) is 7.44. The molecule has 0 amide bonds. The van der Waals surface area contributed by atoms with Crippen molar-refractivity contribution < 1.29 is 0 Å². The van der Waals surface area contributed by atoms with Crippen LogP contribution in [-0.4, -0.2) is 15.8 Å². The fourth-order valence-corrected chi connectivity index (χ4v) is 1.91. The summed E-state index contributed by atoms with van der Waals surface area (Å²) in [6, 6.07) is 0.242. The van der Waals surface area contributed by atoms with Crippen molar-refractivity contribution >= 4 is 21.6 Å². The largest absolute Gasteiger partial charge is 0.380 e. The Hall–Kier alpha value is -0.840. The molecule has 5 heteroatoms. The molecule has 0 fully saturated rings. The summed E-state index contributed by atoms with van der Waals surface area (Å²) < 4.78 is 2.06. The first kappa shape index (κ1) is 16.2. The van der Waals surface area contributed by atoms with Crippen LogP contribution in [0.5, 0.6) is 0 Å². The van der Waals surface area contributed by atoms with E-state index in [-0.39, 0.29) is 17.0 Å². The van der Waals surface area contributed by atoms with Crippen molar-refractivity contribution in [1.29, 1.82) is 0 Å². The fourth-order valence-electron chi connectivity index (χ4n) is 1.49. The maximum Gasteiger partial charge on any atom is 0.283 e. The molecule has 108 valence electrons. The van der Waals surface area contributed by atoms with Crippen molar-refractivity contribution in [3.8, 4) is 0 Å². The Labute approximate surface area is 123 Å². The van der Waals surface area contributed by atoms with Gasteiger partial charge in [-0.15, -0.1) is 0 Å². The summed E-state index contributed by atoms with van der Waals surface area (Å²) in [5.74, 6) is 0.393. The van der Waals surface area contributed by atoms with Crippen molar-refractivity contribution in [2.45, 2.75) is 54.1 Å². The fraction of sp³-hybridized carbons (Fsp3) is 0.714. The Bertz CT molecular complexity index is 488. The van der Waals surface area contributed by atoms with Crippen LogP contribution in [-0.2, 0) is 6.54 Å². The lowest BCUT2D eigenvalue weighted by Crippen LogP contribution is -2.33. The normalized spacial score (nSPS) is 13.7. The van der Waals surface area contributed by atoms with E-state index in [4.69, 9.17) is 0 Å². The molecular weight excluding hydrogens is 306 g/mol. The van der Waals surface area contributed by atoms with E-state index < -0.39 is 0 Å². The quantitative estimate of drug-likeness (QED) is 0.919. The summed E-state index contributed by atoms with van der Waals surface area (Å²) in [5, 5.41) is 7.57. The molecule has 0 bridgehead atoms.